The minimum Gasteiger partial charge on any atom is -0.350 e. The quantitative estimate of drug-likeness (QED) is 0.582. The van der Waals surface area contributed by atoms with Crippen molar-refractivity contribution >= 4 is 10.9 Å². The van der Waals surface area contributed by atoms with Crippen molar-refractivity contribution in [1.82, 2.24) is 4.57 Å². The van der Waals surface area contributed by atoms with E-state index in [1.807, 2.05) is 6.92 Å². The number of aryl methyl sites for hydroxylation is 1. The van der Waals surface area contributed by atoms with Crippen molar-refractivity contribution in [2.45, 2.75) is 76.7 Å². The van der Waals surface area contributed by atoms with Gasteiger partial charge in [-0.2, -0.15) is 0 Å². The molecule has 5 aliphatic rings. The maximum absolute atomic E-state index is 6.88. The summed E-state index contributed by atoms with van der Waals surface area (Å²) in [6.45, 7) is 6.70. The summed E-state index contributed by atoms with van der Waals surface area (Å²) in [6, 6.07) is 8.61. The summed E-state index contributed by atoms with van der Waals surface area (Å²) in [5, 5.41) is 1.27. The van der Waals surface area contributed by atoms with E-state index in [1.165, 1.54) is 22.9 Å². The molecule has 5 fully saturated rings. The molecule has 1 aromatic carbocycles. The molecule has 1 spiro atoms. The number of aromatic nitrogens is 1. The summed E-state index contributed by atoms with van der Waals surface area (Å²) in [4.78, 5) is 12.4. The highest BCUT2D eigenvalue weighted by Gasteiger charge is 2.68. The minimum atomic E-state index is -0.726. The van der Waals surface area contributed by atoms with Crippen molar-refractivity contribution in [1.29, 1.82) is 0 Å². The van der Waals surface area contributed by atoms with E-state index in [9.17, 15) is 0 Å². The van der Waals surface area contributed by atoms with Crippen LogP contribution in [0.1, 0.15) is 64.5 Å². The van der Waals surface area contributed by atoms with Gasteiger partial charge in [-0.1, -0.05) is 32.0 Å². The fraction of sp³-hybridized carbons (Fsp3) is 0.680. The summed E-state index contributed by atoms with van der Waals surface area (Å²) in [7, 11) is 2.12. The predicted molar refractivity (Wildman–Crippen MR) is 113 cm³/mol. The molecule has 30 heavy (non-hydrogen) atoms. The van der Waals surface area contributed by atoms with Crippen molar-refractivity contribution < 1.29 is 19.2 Å². The largest absolute Gasteiger partial charge is 0.350 e. The van der Waals surface area contributed by atoms with Crippen LogP contribution in [0.5, 0.6) is 0 Å². The average Bonchev–Trinajstić information content (AvgIpc) is 3.05. The number of para-hydroxylation sites is 1. The molecule has 2 bridgehead atoms. The standard InChI is InChI=1S/C25H33NO4/c1-15-11-12-20-16(2)22(18-14-26(4)21-10-6-5-8-17(18)21)27-23-25(20)19(15)9-7-13-24(3,28-23)29-30-25/h5-6,8,10,14-16,19-20,22-23H,7,9,11-13H2,1-4H3/t15-,16-,19+,20+,22-,23-,24+,25-/m1/s1. The van der Waals surface area contributed by atoms with Crippen molar-refractivity contribution in [2.24, 2.45) is 30.7 Å². The van der Waals surface area contributed by atoms with E-state index in [0.29, 0.717) is 23.7 Å². The van der Waals surface area contributed by atoms with E-state index in [0.717, 1.165) is 25.7 Å². The Morgan fingerprint density at radius 3 is 2.73 bits per heavy atom. The average molecular weight is 412 g/mol. The van der Waals surface area contributed by atoms with Crippen molar-refractivity contribution in [2.75, 3.05) is 0 Å². The SMILES string of the molecule is C[C@H]1[C@H](c2cn(C)c3ccccc23)O[C@@H]2O[C@]3(C)CCC[C@H]4[C@H](C)CC[C@@H]1[C@@]24OO3. The maximum Gasteiger partial charge on any atom is 0.201 e. The van der Waals surface area contributed by atoms with E-state index in [2.05, 4.69) is 55.9 Å². The van der Waals surface area contributed by atoms with Crippen LogP contribution in [0.3, 0.4) is 0 Å². The van der Waals surface area contributed by atoms with Crippen LogP contribution < -0.4 is 0 Å². The minimum absolute atomic E-state index is 0.0151. The summed E-state index contributed by atoms with van der Waals surface area (Å²) in [6.07, 6.45) is 7.30. The van der Waals surface area contributed by atoms with Gasteiger partial charge in [0.2, 0.25) is 5.79 Å². The Labute approximate surface area is 178 Å². The Morgan fingerprint density at radius 1 is 1.03 bits per heavy atom. The fourth-order valence-corrected chi connectivity index (χ4v) is 7.09. The summed E-state index contributed by atoms with van der Waals surface area (Å²) in [5.74, 6) is 0.933. The topological polar surface area (TPSA) is 41.9 Å². The molecule has 4 aliphatic heterocycles. The molecule has 7 rings (SSSR count). The third-order valence-corrected chi connectivity index (χ3v) is 8.63. The fourth-order valence-electron chi connectivity index (χ4n) is 7.09. The van der Waals surface area contributed by atoms with Crippen LogP contribution >= 0.6 is 0 Å². The Hall–Kier alpha value is -1.40. The van der Waals surface area contributed by atoms with Crippen LogP contribution in [-0.2, 0) is 26.3 Å². The van der Waals surface area contributed by atoms with E-state index < -0.39 is 17.7 Å². The molecule has 5 nitrogen and oxygen atoms in total. The second kappa shape index (κ2) is 6.55. The number of nitrogens with zero attached hydrogens (tertiary/aromatic N) is 1. The lowest BCUT2D eigenvalue weighted by Crippen LogP contribution is -2.71. The van der Waals surface area contributed by atoms with E-state index in [-0.39, 0.29) is 6.10 Å². The molecular weight excluding hydrogens is 378 g/mol. The van der Waals surface area contributed by atoms with Gasteiger partial charge in [0, 0.05) is 42.0 Å². The highest BCUT2D eigenvalue weighted by atomic mass is 17.3. The third kappa shape index (κ3) is 2.49. The van der Waals surface area contributed by atoms with Crippen LogP contribution in [0, 0.1) is 23.7 Å². The van der Waals surface area contributed by atoms with Crippen LogP contribution in [0.4, 0.5) is 0 Å². The number of hydrogen-bond donors (Lipinski definition) is 0. The van der Waals surface area contributed by atoms with Crippen LogP contribution in [0.25, 0.3) is 10.9 Å². The van der Waals surface area contributed by atoms with Gasteiger partial charge in [0.25, 0.3) is 0 Å². The first kappa shape index (κ1) is 19.3. The van der Waals surface area contributed by atoms with Gasteiger partial charge < -0.3 is 14.0 Å². The second-order valence-electron chi connectivity index (χ2n) is 10.4. The zero-order valence-electron chi connectivity index (χ0n) is 18.5. The molecule has 2 aromatic rings. The van der Waals surface area contributed by atoms with Crippen LogP contribution in [0.2, 0.25) is 0 Å². The molecule has 1 aromatic heterocycles. The normalized spacial score (nSPS) is 45.7. The van der Waals surface area contributed by atoms with Gasteiger partial charge in [0.15, 0.2) is 11.9 Å². The monoisotopic (exact) mass is 411 g/mol. The molecule has 1 aliphatic carbocycles. The maximum atomic E-state index is 6.88. The smallest absolute Gasteiger partial charge is 0.201 e. The first-order valence-corrected chi connectivity index (χ1v) is 11.7. The van der Waals surface area contributed by atoms with Gasteiger partial charge >= 0.3 is 0 Å². The van der Waals surface area contributed by atoms with Crippen LogP contribution in [0.15, 0.2) is 30.5 Å². The molecule has 0 N–H and O–H groups in total. The Morgan fingerprint density at radius 2 is 1.87 bits per heavy atom. The summed E-state index contributed by atoms with van der Waals surface area (Å²) in [5.41, 5.74) is 2.00. The molecule has 162 valence electrons. The summed E-state index contributed by atoms with van der Waals surface area (Å²) >= 11 is 0. The van der Waals surface area contributed by atoms with Crippen molar-refractivity contribution in [3.8, 4) is 0 Å². The lowest BCUT2D eigenvalue weighted by molar-refractivity contribution is -0.586. The molecule has 8 atom stereocenters. The molecule has 4 saturated heterocycles. The van der Waals surface area contributed by atoms with Gasteiger partial charge in [-0.15, -0.1) is 0 Å². The van der Waals surface area contributed by atoms with E-state index in [1.54, 1.807) is 0 Å². The number of hydrogen-bond acceptors (Lipinski definition) is 4. The zero-order valence-corrected chi connectivity index (χ0v) is 18.5. The highest BCUT2D eigenvalue weighted by molar-refractivity contribution is 5.84. The van der Waals surface area contributed by atoms with Gasteiger partial charge in [-0.3, -0.25) is 0 Å². The number of rotatable bonds is 1. The molecular formula is C25H33NO4. The molecule has 0 radical (unpaired) electrons. The molecule has 0 unspecified atom stereocenters. The van der Waals surface area contributed by atoms with Gasteiger partial charge in [0.1, 0.15) is 0 Å². The predicted octanol–water partition coefficient (Wildman–Crippen LogP) is 5.49. The first-order valence-electron chi connectivity index (χ1n) is 11.7. The first-order chi connectivity index (χ1) is 14.4. The third-order valence-electron chi connectivity index (χ3n) is 8.63. The van der Waals surface area contributed by atoms with E-state index >= 15 is 0 Å². The number of fused-ring (bicyclic) bond motifs is 4. The number of ether oxygens (including phenoxy) is 2. The second-order valence-corrected chi connectivity index (χ2v) is 10.4. The Kier molecular flexibility index (Phi) is 4.21. The lowest BCUT2D eigenvalue weighted by atomic mass is 9.56. The van der Waals surface area contributed by atoms with Gasteiger partial charge in [0.05, 0.1) is 6.10 Å². The molecule has 0 amide bonds. The molecule has 5 heteroatoms. The summed E-state index contributed by atoms with van der Waals surface area (Å²) < 4.78 is 15.7. The van der Waals surface area contributed by atoms with E-state index in [4.69, 9.17) is 19.2 Å². The highest BCUT2D eigenvalue weighted by Crippen LogP contribution is 2.61. The Balaban J connectivity index is 1.47. The number of benzene rings is 1. The zero-order chi connectivity index (χ0) is 20.7. The van der Waals surface area contributed by atoms with Crippen LogP contribution in [-0.4, -0.2) is 22.2 Å². The van der Waals surface area contributed by atoms with Gasteiger partial charge in [-0.05, 0) is 56.4 Å². The van der Waals surface area contributed by atoms with Crippen molar-refractivity contribution in [3.05, 3.63) is 36.0 Å². The Bertz CT molecular complexity index is 971. The molecule has 1 saturated carbocycles. The van der Waals surface area contributed by atoms with Crippen molar-refractivity contribution in [3.63, 3.8) is 0 Å². The molecule has 5 heterocycles. The lowest BCUT2D eigenvalue weighted by Gasteiger charge is -2.63. The van der Waals surface area contributed by atoms with Gasteiger partial charge in [-0.25, -0.2) is 9.78 Å².